The second-order valence-electron chi connectivity index (χ2n) is 7.85. The lowest BCUT2D eigenvalue weighted by molar-refractivity contribution is -0.140. The van der Waals surface area contributed by atoms with E-state index in [4.69, 9.17) is 23.2 Å². The molecule has 0 unspecified atom stereocenters. The van der Waals surface area contributed by atoms with E-state index in [-0.39, 0.29) is 12.5 Å². The van der Waals surface area contributed by atoms with Crippen LogP contribution in [0.2, 0.25) is 10.0 Å². The number of anilines is 1. The molecule has 2 amide bonds. The molecule has 0 fully saturated rings. The molecule has 0 aliphatic carbocycles. The number of likely N-dealkylation sites (N-methyl/N-ethyl adjacent to an activating group) is 1. The van der Waals surface area contributed by atoms with Crippen LogP contribution in [0, 0.1) is 13.8 Å². The maximum absolute atomic E-state index is 13.5. The van der Waals surface area contributed by atoms with Crippen molar-refractivity contribution in [1.82, 2.24) is 10.2 Å². The first-order valence-electron chi connectivity index (χ1n) is 10.4. The zero-order chi connectivity index (χ0) is 24.9. The summed E-state index contributed by atoms with van der Waals surface area (Å²) in [7, 11) is -2.28. The predicted octanol–water partition coefficient (Wildman–Crippen LogP) is 3.93. The van der Waals surface area contributed by atoms with Gasteiger partial charge in [0.2, 0.25) is 21.8 Å². The zero-order valence-corrected chi connectivity index (χ0v) is 21.7. The molecule has 2 aromatic carbocycles. The molecule has 1 atom stereocenters. The summed E-state index contributed by atoms with van der Waals surface area (Å²) in [4.78, 5) is 27.4. The molecule has 2 aromatic rings. The number of rotatable bonds is 9. The molecule has 2 rings (SSSR count). The molecule has 7 nitrogen and oxygen atoms in total. The van der Waals surface area contributed by atoms with E-state index in [0.29, 0.717) is 27.7 Å². The number of nitrogens with zero attached hydrogens (tertiary/aromatic N) is 2. The van der Waals surface area contributed by atoms with Crippen molar-refractivity contribution in [3.05, 3.63) is 63.1 Å². The number of carbonyl (C=O) groups excluding carboxylic acids is 2. The number of benzene rings is 2. The van der Waals surface area contributed by atoms with Crippen LogP contribution in [0.15, 0.2) is 36.4 Å². The van der Waals surface area contributed by atoms with Crippen molar-refractivity contribution in [2.24, 2.45) is 0 Å². The van der Waals surface area contributed by atoms with E-state index in [1.807, 2.05) is 13.8 Å². The molecule has 180 valence electrons. The molecule has 33 heavy (non-hydrogen) atoms. The number of sulfonamides is 1. The Morgan fingerprint density at radius 1 is 1.03 bits per heavy atom. The van der Waals surface area contributed by atoms with Gasteiger partial charge in [0, 0.05) is 13.6 Å². The van der Waals surface area contributed by atoms with E-state index in [1.165, 1.54) is 11.9 Å². The van der Waals surface area contributed by atoms with Crippen LogP contribution < -0.4 is 9.62 Å². The molecular formula is C23H29Cl2N3O4S. The highest BCUT2D eigenvalue weighted by molar-refractivity contribution is 7.92. The lowest BCUT2D eigenvalue weighted by Gasteiger charge is -2.32. The van der Waals surface area contributed by atoms with Gasteiger partial charge in [0.15, 0.2) is 0 Å². The molecule has 0 saturated carbocycles. The summed E-state index contributed by atoms with van der Waals surface area (Å²) in [6.07, 6.45) is 1.39. The third-order valence-electron chi connectivity index (χ3n) is 5.43. The highest BCUT2D eigenvalue weighted by Gasteiger charge is 2.31. The van der Waals surface area contributed by atoms with Gasteiger partial charge in [-0.2, -0.15) is 0 Å². The first kappa shape index (κ1) is 27.0. The minimum atomic E-state index is -3.77. The lowest BCUT2D eigenvalue weighted by atomic mass is 10.1. The summed E-state index contributed by atoms with van der Waals surface area (Å²) in [6, 6.07) is 9.35. The number of carbonyl (C=O) groups is 2. The second-order valence-corrected chi connectivity index (χ2v) is 10.6. The molecule has 0 aliphatic heterocycles. The Hall–Kier alpha value is -2.29. The summed E-state index contributed by atoms with van der Waals surface area (Å²) < 4.78 is 26.3. The van der Waals surface area contributed by atoms with Crippen LogP contribution in [-0.2, 0) is 26.2 Å². The molecular weight excluding hydrogens is 485 g/mol. The normalized spacial score (nSPS) is 12.2. The number of nitrogens with one attached hydrogen (secondary N) is 1. The summed E-state index contributed by atoms with van der Waals surface area (Å²) in [5.41, 5.74) is 2.96. The minimum absolute atomic E-state index is 0.0617. The van der Waals surface area contributed by atoms with E-state index in [0.717, 1.165) is 21.7 Å². The van der Waals surface area contributed by atoms with E-state index in [1.54, 1.807) is 43.3 Å². The largest absolute Gasteiger partial charge is 0.357 e. The molecule has 0 heterocycles. The molecule has 0 aromatic heterocycles. The summed E-state index contributed by atoms with van der Waals surface area (Å²) in [5.74, 6) is -0.858. The topological polar surface area (TPSA) is 86.8 Å². The highest BCUT2D eigenvalue weighted by Crippen LogP contribution is 2.25. The third-order valence-corrected chi connectivity index (χ3v) is 7.31. The summed E-state index contributed by atoms with van der Waals surface area (Å²) in [6.45, 7) is 5.19. The smallest absolute Gasteiger partial charge is 0.244 e. The van der Waals surface area contributed by atoms with E-state index < -0.39 is 28.5 Å². The van der Waals surface area contributed by atoms with Crippen molar-refractivity contribution >= 4 is 50.7 Å². The molecule has 0 spiro atoms. The number of aryl methyl sites for hydroxylation is 2. The molecule has 10 heteroatoms. The van der Waals surface area contributed by atoms with Gasteiger partial charge in [-0.3, -0.25) is 13.9 Å². The number of amides is 2. The van der Waals surface area contributed by atoms with Crippen LogP contribution in [0.4, 0.5) is 5.69 Å². The van der Waals surface area contributed by atoms with Gasteiger partial charge in [0.05, 0.1) is 22.0 Å². The molecule has 0 saturated heterocycles. The molecule has 0 radical (unpaired) electrons. The highest BCUT2D eigenvalue weighted by atomic mass is 35.5. The number of hydrogen-bond acceptors (Lipinski definition) is 4. The summed E-state index contributed by atoms with van der Waals surface area (Å²) >= 11 is 12.1. The van der Waals surface area contributed by atoms with Gasteiger partial charge >= 0.3 is 0 Å². The predicted molar refractivity (Wildman–Crippen MR) is 133 cm³/mol. The van der Waals surface area contributed by atoms with Crippen LogP contribution in [0.1, 0.15) is 30.0 Å². The fourth-order valence-corrected chi connectivity index (χ4v) is 4.58. The lowest BCUT2D eigenvalue weighted by Crippen LogP contribution is -2.51. The Morgan fingerprint density at radius 2 is 1.70 bits per heavy atom. The van der Waals surface area contributed by atoms with E-state index >= 15 is 0 Å². The molecule has 0 aliphatic rings. The van der Waals surface area contributed by atoms with Gasteiger partial charge < -0.3 is 10.2 Å². The zero-order valence-electron chi connectivity index (χ0n) is 19.4. The van der Waals surface area contributed by atoms with E-state index in [2.05, 4.69) is 5.32 Å². The number of hydrogen-bond donors (Lipinski definition) is 1. The van der Waals surface area contributed by atoms with Crippen LogP contribution in [0.3, 0.4) is 0 Å². The van der Waals surface area contributed by atoms with Gasteiger partial charge in [0.25, 0.3) is 0 Å². The minimum Gasteiger partial charge on any atom is -0.357 e. The quantitative estimate of drug-likeness (QED) is 0.550. The van der Waals surface area contributed by atoms with Crippen molar-refractivity contribution in [2.45, 2.75) is 39.8 Å². The van der Waals surface area contributed by atoms with Gasteiger partial charge in [-0.25, -0.2) is 8.42 Å². The first-order chi connectivity index (χ1) is 15.4. The average molecular weight is 514 g/mol. The third kappa shape index (κ3) is 6.85. The van der Waals surface area contributed by atoms with Gasteiger partial charge in [-0.05, 0) is 61.2 Å². The Kier molecular flexibility index (Phi) is 9.17. The van der Waals surface area contributed by atoms with Crippen LogP contribution in [0.25, 0.3) is 0 Å². The number of halogens is 2. The van der Waals surface area contributed by atoms with Crippen molar-refractivity contribution < 1.29 is 18.0 Å². The fraction of sp³-hybridized carbons (Fsp3) is 0.391. The Balaban J connectivity index is 2.46. The summed E-state index contributed by atoms with van der Waals surface area (Å²) in [5, 5.41) is 3.27. The second kappa shape index (κ2) is 11.2. The SMILES string of the molecule is CC[C@@H](C(=O)NC)N(Cc1ccc(Cl)c(Cl)c1)C(=O)CN(c1ccc(C)c(C)c1)S(C)(=O)=O. The standard InChI is InChI=1S/C23H29Cl2N3O4S/c1-6-21(23(30)26-4)27(13-17-8-10-19(24)20(25)12-17)22(29)14-28(33(5,31)32)18-9-7-15(2)16(3)11-18/h7-12,21H,6,13-14H2,1-5H3,(H,26,30)/t21-/m0/s1. The Morgan fingerprint density at radius 3 is 2.21 bits per heavy atom. The van der Waals surface area contributed by atoms with Crippen molar-refractivity contribution in [1.29, 1.82) is 0 Å². The molecule has 0 bridgehead atoms. The van der Waals surface area contributed by atoms with Gasteiger partial charge in [-0.1, -0.05) is 42.3 Å². The van der Waals surface area contributed by atoms with Gasteiger partial charge in [0.1, 0.15) is 12.6 Å². The van der Waals surface area contributed by atoms with E-state index in [9.17, 15) is 18.0 Å². The van der Waals surface area contributed by atoms with Crippen LogP contribution in [-0.4, -0.2) is 51.0 Å². The monoisotopic (exact) mass is 513 g/mol. The van der Waals surface area contributed by atoms with Crippen molar-refractivity contribution in [3.63, 3.8) is 0 Å². The van der Waals surface area contributed by atoms with Gasteiger partial charge in [-0.15, -0.1) is 0 Å². The fourth-order valence-electron chi connectivity index (χ4n) is 3.42. The van der Waals surface area contributed by atoms with Crippen LogP contribution in [0.5, 0.6) is 0 Å². The van der Waals surface area contributed by atoms with Crippen molar-refractivity contribution in [3.8, 4) is 0 Å². The maximum Gasteiger partial charge on any atom is 0.244 e. The Labute approximate surface area is 205 Å². The average Bonchev–Trinajstić information content (AvgIpc) is 2.75. The maximum atomic E-state index is 13.5. The van der Waals surface area contributed by atoms with Crippen LogP contribution >= 0.6 is 23.2 Å². The first-order valence-corrected chi connectivity index (χ1v) is 13.0. The Bertz CT molecular complexity index is 1140. The molecule has 1 N–H and O–H groups in total. The van der Waals surface area contributed by atoms with Crippen molar-refractivity contribution in [2.75, 3.05) is 24.2 Å².